The molecular weight excluding hydrogens is 485 g/mol. The van der Waals surface area contributed by atoms with E-state index in [-0.39, 0.29) is 24.0 Å². The van der Waals surface area contributed by atoms with Crippen LogP contribution < -0.4 is 14.8 Å². The highest BCUT2D eigenvalue weighted by Gasteiger charge is 2.22. The van der Waals surface area contributed by atoms with Crippen molar-refractivity contribution in [2.24, 2.45) is 4.99 Å². The largest absolute Gasteiger partial charge is 0.490 e. The third-order valence-electron chi connectivity index (χ3n) is 5.09. The Bertz CT molecular complexity index is 636. The fourth-order valence-electron chi connectivity index (χ4n) is 3.59. The summed E-state index contributed by atoms with van der Waals surface area (Å²) in [5.74, 6) is 2.61. The Hall–Kier alpha value is -1.26. The van der Waals surface area contributed by atoms with Crippen molar-refractivity contribution in [1.29, 1.82) is 0 Å². The van der Waals surface area contributed by atoms with Crippen molar-refractivity contribution in [3.63, 3.8) is 0 Å². The number of nitrogens with one attached hydrogen (secondary N) is 1. The average Bonchev–Trinajstić information content (AvgIpc) is 2.99. The van der Waals surface area contributed by atoms with Crippen molar-refractivity contribution >= 4 is 29.9 Å². The highest BCUT2D eigenvalue weighted by molar-refractivity contribution is 14.0. The summed E-state index contributed by atoms with van der Waals surface area (Å²) in [5.41, 5.74) is 1.09. The number of hydrogen-bond acceptors (Lipinski definition) is 5. The lowest BCUT2D eigenvalue weighted by molar-refractivity contribution is 0.00989. The van der Waals surface area contributed by atoms with E-state index in [4.69, 9.17) is 18.9 Å². The fraction of sp³-hybridized carbons (Fsp3) is 0.667. The summed E-state index contributed by atoms with van der Waals surface area (Å²) in [4.78, 5) is 6.77. The van der Waals surface area contributed by atoms with Crippen LogP contribution in [-0.2, 0) is 16.0 Å². The van der Waals surface area contributed by atoms with Gasteiger partial charge in [0.15, 0.2) is 17.5 Å². The molecule has 0 amide bonds. The molecule has 0 atom stereocenters. The molecule has 29 heavy (non-hydrogen) atoms. The molecule has 0 saturated carbocycles. The standard InChI is InChI=1S/C21H33N3O4.HI/c1-22-21(24-10-8-18(9-11-24)26-13-4-12-25-2)23-16-17-6-3-7-19-20(17)28-15-5-14-27-19;/h3,6-7,18H,4-5,8-16H2,1-2H3,(H,22,23);1H. The Morgan fingerprint density at radius 3 is 2.76 bits per heavy atom. The molecule has 0 radical (unpaired) electrons. The molecule has 0 aromatic heterocycles. The molecule has 1 aromatic carbocycles. The maximum Gasteiger partial charge on any atom is 0.193 e. The highest BCUT2D eigenvalue weighted by Crippen LogP contribution is 2.33. The van der Waals surface area contributed by atoms with Gasteiger partial charge < -0.3 is 29.2 Å². The lowest BCUT2D eigenvalue weighted by Crippen LogP contribution is -2.46. The summed E-state index contributed by atoms with van der Waals surface area (Å²) in [5, 5.41) is 3.48. The number of fused-ring (bicyclic) bond motifs is 1. The predicted octanol–water partition coefficient (Wildman–Crippen LogP) is 3.06. The van der Waals surface area contributed by atoms with Crippen LogP contribution in [0.25, 0.3) is 0 Å². The molecule has 164 valence electrons. The van der Waals surface area contributed by atoms with Crippen LogP contribution in [0.4, 0.5) is 0 Å². The minimum Gasteiger partial charge on any atom is -0.490 e. The molecular formula is C21H34IN3O4. The van der Waals surface area contributed by atoms with E-state index in [1.54, 1.807) is 7.11 Å². The van der Waals surface area contributed by atoms with Crippen LogP contribution in [0, 0.1) is 0 Å². The third kappa shape index (κ3) is 7.18. The molecule has 1 N–H and O–H groups in total. The quantitative estimate of drug-likeness (QED) is 0.259. The zero-order valence-electron chi connectivity index (χ0n) is 17.5. The molecule has 1 saturated heterocycles. The first-order valence-electron chi connectivity index (χ1n) is 10.3. The van der Waals surface area contributed by atoms with Crippen LogP contribution in [-0.4, -0.2) is 70.6 Å². The summed E-state index contributed by atoms with van der Waals surface area (Å²) in [6.07, 6.45) is 4.23. The Labute approximate surface area is 191 Å². The van der Waals surface area contributed by atoms with Crippen LogP contribution in [0.5, 0.6) is 11.5 Å². The summed E-state index contributed by atoms with van der Waals surface area (Å²) in [6.45, 7) is 5.47. The first-order valence-corrected chi connectivity index (χ1v) is 10.3. The van der Waals surface area contributed by atoms with E-state index in [0.29, 0.717) is 25.9 Å². The number of rotatable bonds is 7. The van der Waals surface area contributed by atoms with E-state index in [1.165, 1.54) is 0 Å². The number of hydrogen-bond donors (Lipinski definition) is 1. The van der Waals surface area contributed by atoms with Crippen LogP contribution >= 0.6 is 24.0 Å². The van der Waals surface area contributed by atoms with Gasteiger partial charge in [-0.3, -0.25) is 4.99 Å². The minimum atomic E-state index is 0. The number of para-hydroxylation sites is 1. The van der Waals surface area contributed by atoms with Gasteiger partial charge >= 0.3 is 0 Å². The van der Waals surface area contributed by atoms with E-state index in [0.717, 1.165) is 75.0 Å². The van der Waals surface area contributed by atoms with Crippen molar-refractivity contribution in [2.45, 2.75) is 38.3 Å². The number of guanidine groups is 1. The topological polar surface area (TPSA) is 64.6 Å². The molecule has 0 bridgehead atoms. The van der Waals surface area contributed by atoms with Crippen molar-refractivity contribution in [3.8, 4) is 11.5 Å². The lowest BCUT2D eigenvalue weighted by Gasteiger charge is -2.34. The number of methoxy groups -OCH3 is 1. The van der Waals surface area contributed by atoms with E-state index < -0.39 is 0 Å². The van der Waals surface area contributed by atoms with Crippen LogP contribution in [0.3, 0.4) is 0 Å². The van der Waals surface area contributed by atoms with Crippen LogP contribution in [0.1, 0.15) is 31.2 Å². The van der Waals surface area contributed by atoms with Gasteiger partial charge in [0.05, 0.1) is 19.3 Å². The van der Waals surface area contributed by atoms with Crippen molar-refractivity contribution in [1.82, 2.24) is 10.2 Å². The monoisotopic (exact) mass is 519 g/mol. The van der Waals surface area contributed by atoms with Crippen LogP contribution in [0.15, 0.2) is 23.2 Å². The first kappa shape index (κ1) is 24.0. The Balaban J connectivity index is 0.00000300. The number of nitrogens with zero attached hydrogens (tertiary/aromatic N) is 2. The van der Waals surface area contributed by atoms with Gasteiger partial charge in [-0.1, -0.05) is 12.1 Å². The van der Waals surface area contributed by atoms with Gasteiger partial charge in [-0.15, -0.1) is 24.0 Å². The van der Waals surface area contributed by atoms with Gasteiger partial charge in [-0.25, -0.2) is 0 Å². The maximum absolute atomic E-state index is 5.95. The van der Waals surface area contributed by atoms with Crippen molar-refractivity contribution in [2.75, 3.05) is 53.7 Å². The number of piperidine rings is 1. The molecule has 2 heterocycles. The number of halogens is 1. The molecule has 3 rings (SSSR count). The van der Waals surface area contributed by atoms with Crippen molar-refractivity contribution in [3.05, 3.63) is 23.8 Å². The second-order valence-electron chi connectivity index (χ2n) is 7.10. The Morgan fingerprint density at radius 2 is 2.00 bits per heavy atom. The van der Waals surface area contributed by atoms with Crippen molar-refractivity contribution < 1.29 is 18.9 Å². The van der Waals surface area contributed by atoms with E-state index in [2.05, 4.69) is 21.3 Å². The van der Waals surface area contributed by atoms with Gasteiger partial charge in [-0.2, -0.15) is 0 Å². The first-order chi connectivity index (χ1) is 13.8. The summed E-state index contributed by atoms with van der Waals surface area (Å²) >= 11 is 0. The molecule has 8 heteroatoms. The highest BCUT2D eigenvalue weighted by atomic mass is 127. The van der Waals surface area contributed by atoms with Gasteiger partial charge in [0.2, 0.25) is 0 Å². The van der Waals surface area contributed by atoms with Crippen LogP contribution in [0.2, 0.25) is 0 Å². The molecule has 1 fully saturated rings. The van der Waals surface area contributed by atoms with E-state index in [1.807, 2.05) is 19.2 Å². The summed E-state index contributed by atoms with van der Waals surface area (Å²) < 4.78 is 22.7. The number of ether oxygens (including phenoxy) is 4. The molecule has 1 aromatic rings. The van der Waals surface area contributed by atoms with E-state index >= 15 is 0 Å². The number of likely N-dealkylation sites (tertiary alicyclic amines) is 1. The zero-order valence-corrected chi connectivity index (χ0v) is 19.9. The normalized spacial score (nSPS) is 17.4. The average molecular weight is 519 g/mol. The maximum atomic E-state index is 5.95. The Morgan fingerprint density at radius 1 is 1.21 bits per heavy atom. The SMILES string of the molecule is CN=C(NCc1cccc2c1OCCCO2)N1CCC(OCCCOC)CC1.I. The van der Waals surface area contributed by atoms with Gasteiger partial charge in [0.25, 0.3) is 0 Å². The predicted molar refractivity (Wildman–Crippen MR) is 125 cm³/mol. The second-order valence-corrected chi connectivity index (χ2v) is 7.10. The number of aliphatic imine (C=N–C) groups is 1. The molecule has 0 unspecified atom stereocenters. The summed E-state index contributed by atoms with van der Waals surface area (Å²) in [6, 6.07) is 6.06. The number of benzene rings is 1. The third-order valence-corrected chi connectivity index (χ3v) is 5.09. The van der Waals surface area contributed by atoms with Gasteiger partial charge in [-0.05, 0) is 25.3 Å². The fourth-order valence-corrected chi connectivity index (χ4v) is 3.59. The molecule has 2 aliphatic rings. The molecule has 0 aliphatic carbocycles. The van der Waals surface area contributed by atoms with E-state index in [9.17, 15) is 0 Å². The molecule has 0 spiro atoms. The van der Waals surface area contributed by atoms with Gasteiger partial charge in [0, 0.05) is 59.0 Å². The zero-order chi connectivity index (χ0) is 19.6. The second kappa shape index (κ2) is 13.1. The lowest BCUT2D eigenvalue weighted by atomic mass is 10.1. The Kier molecular flexibility index (Phi) is 10.9. The summed E-state index contributed by atoms with van der Waals surface area (Å²) in [7, 11) is 3.56. The smallest absolute Gasteiger partial charge is 0.193 e. The molecule has 2 aliphatic heterocycles. The minimum absolute atomic E-state index is 0. The molecule has 7 nitrogen and oxygen atoms in total. The van der Waals surface area contributed by atoms with Gasteiger partial charge in [0.1, 0.15) is 0 Å².